The molecule has 4 heteroatoms. The minimum absolute atomic E-state index is 0.0192. The van der Waals surface area contributed by atoms with Gasteiger partial charge in [-0.1, -0.05) is 18.2 Å². The second-order valence-corrected chi connectivity index (χ2v) is 6.89. The van der Waals surface area contributed by atoms with Crippen LogP contribution in [-0.2, 0) is 9.53 Å². The van der Waals surface area contributed by atoms with E-state index in [2.05, 4.69) is 24.1 Å². The maximum atomic E-state index is 12.5. The average Bonchev–Trinajstić information content (AvgIpc) is 3.25. The van der Waals surface area contributed by atoms with Gasteiger partial charge in [-0.3, -0.25) is 9.69 Å². The highest BCUT2D eigenvalue weighted by Crippen LogP contribution is 2.47. The predicted molar refractivity (Wildman–Crippen MR) is 88.1 cm³/mol. The van der Waals surface area contributed by atoms with Gasteiger partial charge in [0.2, 0.25) is 5.91 Å². The Kier molecular flexibility index (Phi) is 4.00. The third-order valence-corrected chi connectivity index (χ3v) is 5.25. The van der Waals surface area contributed by atoms with Crippen LogP contribution in [0.15, 0.2) is 18.2 Å². The van der Waals surface area contributed by atoms with Gasteiger partial charge in [0.15, 0.2) is 0 Å². The van der Waals surface area contributed by atoms with Crippen LogP contribution in [0, 0.1) is 13.8 Å². The monoisotopic (exact) mass is 302 g/mol. The highest BCUT2D eigenvalue weighted by Gasteiger charge is 2.54. The third kappa shape index (κ3) is 2.77. The summed E-state index contributed by atoms with van der Waals surface area (Å²) in [5, 5.41) is 3.09. The van der Waals surface area contributed by atoms with Gasteiger partial charge in [0, 0.05) is 17.8 Å². The Hall–Kier alpha value is -1.39. The van der Waals surface area contributed by atoms with Gasteiger partial charge in [-0.2, -0.15) is 0 Å². The van der Waals surface area contributed by atoms with E-state index in [-0.39, 0.29) is 17.6 Å². The lowest BCUT2D eigenvalue weighted by molar-refractivity contribution is -0.131. The lowest BCUT2D eigenvalue weighted by Gasteiger charge is -2.43. The molecule has 1 heterocycles. The third-order valence-electron chi connectivity index (χ3n) is 5.25. The zero-order chi connectivity index (χ0) is 15.9. The van der Waals surface area contributed by atoms with Gasteiger partial charge in [0.1, 0.15) is 0 Å². The van der Waals surface area contributed by atoms with E-state index in [0.717, 1.165) is 36.3 Å². The molecule has 1 aliphatic heterocycles. The molecule has 1 aromatic carbocycles. The second-order valence-electron chi connectivity index (χ2n) is 6.89. The van der Waals surface area contributed by atoms with Crippen molar-refractivity contribution in [1.82, 2.24) is 4.90 Å². The normalized spacial score (nSPS) is 26.9. The summed E-state index contributed by atoms with van der Waals surface area (Å²) in [5.41, 5.74) is 3.18. The van der Waals surface area contributed by atoms with Crippen molar-refractivity contribution in [2.24, 2.45) is 0 Å². The fourth-order valence-electron chi connectivity index (χ4n) is 3.52. The number of benzene rings is 1. The van der Waals surface area contributed by atoms with Crippen molar-refractivity contribution < 1.29 is 9.53 Å². The van der Waals surface area contributed by atoms with Crippen LogP contribution < -0.4 is 5.32 Å². The quantitative estimate of drug-likeness (QED) is 0.933. The highest BCUT2D eigenvalue weighted by molar-refractivity contribution is 5.93. The first-order chi connectivity index (χ1) is 10.4. The van der Waals surface area contributed by atoms with E-state index in [4.69, 9.17) is 4.74 Å². The van der Waals surface area contributed by atoms with E-state index in [1.54, 1.807) is 0 Å². The smallest absolute Gasteiger partial charge is 0.238 e. The molecule has 2 fully saturated rings. The number of nitrogens with zero attached hydrogens (tertiary/aromatic N) is 1. The van der Waals surface area contributed by atoms with Gasteiger partial charge in [-0.15, -0.1) is 0 Å². The lowest BCUT2D eigenvalue weighted by atomic mass is 10.0. The molecule has 4 nitrogen and oxygen atoms in total. The minimum atomic E-state index is 0.0192. The summed E-state index contributed by atoms with van der Waals surface area (Å²) in [6, 6.07) is 6.66. The van der Waals surface area contributed by atoms with Crippen molar-refractivity contribution in [3.05, 3.63) is 29.3 Å². The summed E-state index contributed by atoms with van der Waals surface area (Å²) in [4.78, 5) is 14.8. The molecule has 1 saturated heterocycles. The largest absolute Gasteiger partial charge is 0.372 e. The van der Waals surface area contributed by atoms with Crippen molar-refractivity contribution in [1.29, 1.82) is 0 Å². The van der Waals surface area contributed by atoms with E-state index in [9.17, 15) is 4.79 Å². The SMILES string of the molecule is Cc1cccc(C)c1NC(=O)CN1C(C)COC2(CC2)C1C. The highest BCUT2D eigenvalue weighted by atomic mass is 16.5. The van der Waals surface area contributed by atoms with E-state index in [1.165, 1.54) is 0 Å². The number of aryl methyl sites for hydroxylation is 2. The van der Waals surface area contributed by atoms with Crippen molar-refractivity contribution in [3.8, 4) is 0 Å². The fraction of sp³-hybridized carbons (Fsp3) is 0.611. The van der Waals surface area contributed by atoms with Crippen LogP contribution in [0.3, 0.4) is 0 Å². The van der Waals surface area contributed by atoms with E-state index < -0.39 is 0 Å². The molecule has 1 aromatic rings. The predicted octanol–water partition coefficient (Wildman–Crippen LogP) is 2.88. The van der Waals surface area contributed by atoms with E-state index >= 15 is 0 Å². The topological polar surface area (TPSA) is 41.6 Å². The first-order valence-electron chi connectivity index (χ1n) is 8.19. The molecule has 2 aliphatic rings. The fourth-order valence-corrected chi connectivity index (χ4v) is 3.52. The zero-order valence-electron chi connectivity index (χ0n) is 14.0. The van der Waals surface area contributed by atoms with E-state index in [1.807, 2.05) is 32.0 Å². The number of morpholine rings is 1. The summed E-state index contributed by atoms with van der Waals surface area (Å²) >= 11 is 0. The zero-order valence-corrected chi connectivity index (χ0v) is 14.0. The Morgan fingerprint density at radius 2 is 1.95 bits per heavy atom. The molecule has 1 spiro atoms. The molecule has 120 valence electrons. The van der Waals surface area contributed by atoms with Crippen LogP contribution in [0.2, 0.25) is 0 Å². The van der Waals surface area contributed by atoms with Crippen molar-refractivity contribution in [2.75, 3.05) is 18.5 Å². The molecular weight excluding hydrogens is 276 g/mol. The molecule has 1 amide bonds. The summed E-state index contributed by atoms with van der Waals surface area (Å²) in [5.74, 6) is 0.0637. The molecule has 1 saturated carbocycles. The molecule has 1 N–H and O–H groups in total. The Labute approximate surface area is 132 Å². The molecular formula is C18H26N2O2. The molecule has 2 unspecified atom stereocenters. The summed E-state index contributed by atoms with van der Waals surface area (Å²) in [6.45, 7) is 9.54. The van der Waals surface area contributed by atoms with Crippen LogP contribution in [0.5, 0.6) is 0 Å². The number of nitrogens with one attached hydrogen (secondary N) is 1. The number of rotatable bonds is 3. The molecule has 0 aromatic heterocycles. The first-order valence-corrected chi connectivity index (χ1v) is 8.19. The molecule has 22 heavy (non-hydrogen) atoms. The second kappa shape index (κ2) is 5.67. The molecule has 3 rings (SSSR count). The Bertz CT molecular complexity index is 560. The molecule has 0 radical (unpaired) electrons. The van der Waals surface area contributed by atoms with Crippen LogP contribution in [0.25, 0.3) is 0 Å². The lowest BCUT2D eigenvalue weighted by Crippen LogP contribution is -2.57. The number of carbonyl (C=O) groups is 1. The van der Waals surface area contributed by atoms with Crippen LogP contribution in [-0.4, -0.2) is 41.6 Å². The number of para-hydroxylation sites is 1. The van der Waals surface area contributed by atoms with Gasteiger partial charge in [0.25, 0.3) is 0 Å². The van der Waals surface area contributed by atoms with Crippen LogP contribution in [0.1, 0.15) is 37.8 Å². The standard InChI is InChI=1S/C18H26N2O2/c1-12-6-5-7-13(2)17(12)19-16(21)10-20-14(3)11-22-18(8-9-18)15(20)4/h5-7,14-15H,8-11H2,1-4H3,(H,19,21). The summed E-state index contributed by atoms with van der Waals surface area (Å²) in [7, 11) is 0. The van der Waals surface area contributed by atoms with Crippen molar-refractivity contribution >= 4 is 11.6 Å². The maximum absolute atomic E-state index is 12.5. The van der Waals surface area contributed by atoms with Gasteiger partial charge < -0.3 is 10.1 Å². The van der Waals surface area contributed by atoms with Crippen LogP contribution in [0.4, 0.5) is 5.69 Å². The van der Waals surface area contributed by atoms with Gasteiger partial charge >= 0.3 is 0 Å². The number of hydrogen-bond acceptors (Lipinski definition) is 3. The van der Waals surface area contributed by atoms with Gasteiger partial charge in [-0.05, 0) is 51.7 Å². The minimum Gasteiger partial charge on any atom is -0.372 e. The number of carbonyl (C=O) groups excluding carboxylic acids is 1. The Balaban J connectivity index is 1.68. The number of anilines is 1. The maximum Gasteiger partial charge on any atom is 0.238 e. The number of hydrogen-bond donors (Lipinski definition) is 1. The number of amides is 1. The Morgan fingerprint density at radius 3 is 2.55 bits per heavy atom. The van der Waals surface area contributed by atoms with Crippen molar-refractivity contribution in [3.63, 3.8) is 0 Å². The van der Waals surface area contributed by atoms with Crippen molar-refractivity contribution in [2.45, 2.75) is 58.2 Å². The van der Waals surface area contributed by atoms with Gasteiger partial charge in [0.05, 0.1) is 18.8 Å². The number of ether oxygens (including phenoxy) is 1. The summed E-state index contributed by atoms with van der Waals surface area (Å²) < 4.78 is 6.00. The molecule has 2 atom stereocenters. The summed E-state index contributed by atoms with van der Waals surface area (Å²) in [6.07, 6.45) is 2.24. The Morgan fingerprint density at radius 1 is 1.32 bits per heavy atom. The van der Waals surface area contributed by atoms with E-state index in [0.29, 0.717) is 12.6 Å². The first kappa shape index (κ1) is 15.5. The van der Waals surface area contributed by atoms with Crippen LogP contribution >= 0.6 is 0 Å². The average molecular weight is 302 g/mol. The molecule has 1 aliphatic carbocycles. The van der Waals surface area contributed by atoms with Gasteiger partial charge in [-0.25, -0.2) is 0 Å². The molecule has 0 bridgehead atoms.